The lowest BCUT2D eigenvalue weighted by Crippen LogP contribution is -2.40. The zero-order valence-electron chi connectivity index (χ0n) is 9.68. The van der Waals surface area contributed by atoms with Crippen molar-refractivity contribution in [3.05, 3.63) is 35.4 Å². The summed E-state index contributed by atoms with van der Waals surface area (Å²) in [6, 6.07) is 7.92. The number of nitrogens with two attached hydrogens (primary N) is 1. The van der Waals surface area contributed by atoms with Gasteiger partial charge in [0.25, 0.3) is 5.91 Å². The van der Waals surface area contributed by atoms with Gasteiger partial charge in [-0.15, -0.1) is 0 Å². The van der Waals surface area contributed by atoms with Gasteiger partial charge in [-0.25, -0.2) is 0 Å². The molecule has 0 aromatic heterocycles. The van der Waals surface area contributed by atoms with E-state index < -0.39 is 6.10 Å². The Balaban J connectivity index is 2.60. The summed E-state index contributed by atoms with van der Waals surface area (Å²) in [6.45, 7) is 2.45. The molecule has 1 amide bonds. The van der Waals surface area contributed by atoms with E-state index in [0.29, 0.717) is 6.54 Å². The highest BCUT2D eigenvalue weighted by atomic mass is 16.3. The van der Waals surface area contributed by atoms with Gasteiger partial charge in [-0.05, 0) is 12.5 Å². The Bertz CT molecular complexity index is 349. The predicted molar refractivity (Wildman–Crippen MR) is 62.7 cm³/mol. The van der Waals surface area contributed by atoms with Crippen LogP contribution in [0.25, 0.3) is 0 Å². The molecule has 1 aromatic rings. The third-order valence-corrected chi connectivity index (χ3v) is 2.42. The number of aryl methyl sites for hydroxylation is 1. The lowest BCUT2D eigenvalue weighted by atomic mass is 10.1. The van der Waals surface area contributed by atoms with Gasteiger partial charge in [-0.2, -0.15) is 0 Å². The third kappa shape index (κ3) is 3.32. The monoisotopic (exact) mass is 222 g/mol. The number of rotatable bonds is 4. The molecule has 0 aliphatic rings. The quantitative estimate of drug-likeness (QED) is 0.768. The largest absolute Gasteiger partial charge is 0.382 e. The fraction of sp³-hybridized carbons (Fsp3) is 0.417. The normalized spacial score (nSPS) is 12.2. The van der Waals surface area contributed by atoms with Crippen LogP contribution in [-0.4, -0.2) is 35.6 Å². The summed E-state index contributed by atoms with van der Waals surface area (Å²) in [4.78, 5) is 13.0. The van der Waals surface area contributed by atoms with Crippen LogP contribution in [-0.2, 0) is 11.3 Å². The van der Waals surface area contributed by atoms with Crippen molar-refractivity contribution in [1.29, 1.82) is 0 Å². The molecule has 0 bridgehead atoms. The number of carbonyl (C=O) groups is 1. The van der Waals surface area contributed by atoms with E-state index in [2.05, 4.69) is 0 Å². The summed E-state index contributed by atoms with van der Waals surface area (Å²) in [5.41, 5.74) is 7.44. The highest BCUT2D eigenvalue weighted by molar-refractivity contribution is 5.80. The summed E-state index contributed by atoms with van der Waals surface area (Å²) in [6.07, 6.45) is -1.10. The predicted octanol–water partition coefficient (Wildman–Crippen LogP) is 0.273. The number of likely N-dealkylation sites (N-methyl/N-ethyl adjacent to an activating group) is 1. The molecule has 0 spiro atoms. The van der Waals surface area contributed by atoms with E-state index in [1.165, 1.54) is 10.5 Å². The van der Waals surface area contributed by atoms with Crippen molar-refractivity contribution in [3.63, 3.8) is 0 Å². The molecule has 1 unspecified atom stereocenters. The van der Waals surface area contributed by atoms with Crippen LogP contribution in [0.5, 0.6) is 0 Å². The van der Waals surface area contributed by atoms with E-state index in [1.807, 2.05) is 31.2 Å². The molecule has 4 heteroatoms. The average Bonchev–Trinajstić information content (AvgIpc) is 2.30. The molecular formula is C12H18N2O2. The summed E-state index contributed by atoms with van der Waals surface area (Å²) in [5, 5.41) is 9.30. The first kappa shape index (κ1) is 12.7. The topological polar surface area (TPSA) is 66.6 Å². The first-order valence-corrected chi connectivity index (χ1v) is 5.23. The molecular weight excluding hydrogens is 204 g/mol. The first-order chi connectivity index (χ1) is 7.54. The highest BCUT2D eigenvalue weighted by Gasteiger charge is 2.17. The van der Waals surface area contributed by atoms with Gasteiger partial charge in [0.15, 0.2) is 0 Å². The number of nitrogens with zero attached hydrogens (tertiary/aromatic N) is 1. The van der Waals surface area contributed by atoms with Gasteiger partial charge >= 0.3 is 0 Å². The van der Waals surface area contributed by atoms with Crippen molar-refractivity contribution in [1.82, 2.24) is 4.90 Å². The van der Waals surface area contributed by atoms with E-state index in [1.54, 1.807) is 7.05 Å². The van der Waals surface area contributed by atoms with Crippen molar-refractivity contribution in [2.24, 2.45) is 5.73 Å². The number of carbonyl (C=O) groups excluding carboxylic acids is 1. The van der Waals surface area contributed by atoms with Crippen LogP contribution in [0.2, 0.25) is 0 Å². The molecule has 0 saturated heterocycles. The number of aliphatic hydroxyl groups is 1. The van der Waals surface area contributed by atoms with Crippen LogP contribution >= 0.6 is 0 Å². The van der Waals surface area contributed by atoms with Gasteiger partial charge in [0.1, 0.15) is 6.10 Å². The fourth-order valence-corrected chi connectivity index (χ4v) is 1.40. The second-order valence-corrected chi connectivity index (χ2v) is 3.93. The molecule has 3 N–H and O–H groups in total. The van der Waals surface area contributed by atoms with Gasteiger partial charge in [0.2, 0.25) is 0 Å². The van der Waals surface area contributed by atoms with Crippen LogP contribution in [0.4, 0.5) is 0 Å². The van der Waals surface area contributed by atoms with Gasteiger partial charge in [-0.1, -0.05) is 29.8 Å². The van der Waals surface area contributed by atoms with Crippen molar-refractivity contribution in [2.45, 2.75) is 19.6 Å². The average molecular weight is 222 g/mol. The molecule has 0 heterocycles. The minimum atomic E-state index is -1.10. The number of hydrogen-bond acceptors (Lipinski definition) is 3. The number of aliphatic hydroxyl groups excluding tert-OH is 1. The number of hydrogen-bond donors (Lipinski definition) is 2. The van der Waals surface area contributed by atoms with Crippen molar-refractivity contribution < 1.29 is 9.90 Å². The van der Waals surface area contributed by atoms with E-state index in [-0.39, 0.29) is 12.5 Å². The van der Waals surface area contributed by atoms with E-state index in [9.17, 15) is 9.90 Å². The van der Waals surface area contributed by atoms with Crippen LogP contribution in [0, 0.1) is 6.92 Å². The molecule has 1 atom stereocenters. The van der Waals surface area contributed by atoms with E-state index in [4.69, 9.17) is 5.73 Å². The minimum Gasteiger partial charge on any atom is -0.382 e. The Morgan fingerprint density at radius 3 is 2.50 bits per heavy atom. The standard InChI is InChI=1S/C12H18N2O2/c1-9-3-5-10(6-4-9)8-14(2)12(16)11(15)7-13/h3-6,11,15H,7-8,13H2,1-2H3. The SMILES string of the molecule is Cc1ccc(CN(C)C(=O)C(O)CN)cc1. The van der Waals surface area contributed by atoms with Gasteiger partial charge in [0, 0.05) is 20.1 Å². The lowest BCUT2D eigenvalue weighted by Gasteiger charge is -2.19. The zero-order chi connectivity index (χ0) is 12.1. The van der Waals surface area contributed by atoms with Crippen LogP contribution in [0.15, 0.2) is 24.3 Å². The first-order valence-electron chi connectivity index (χ1n) is 5.23. The van der Waals surface area contributed by atoms with Crippen LogP contribution in [0.3, 0.4) is 0 Å². The highest BCUT2D eigenvalue weighted by Crippen LogP contribution is 2.06. The van der Waals surface area contributed by atoms with Crippen molar-refractivity contribution in [3.8, 4) is 0 Å². The molecule has 1 aromatic carbocycles. The molecule has 0 saturated carbocycles. The van der Waals surface area contributed by atoms with Crippen molar-refractivity contribution in [2.75, 3.05) is 13.6 Å². The van der Waals surface area contributed by atoms with Crippen molar-refractivity contribution >= 4 is 5.91 Å². The molecule has 0 aliphatic heterocycles. The maximum Gasteiger partial charge on any atom is 0.252 e. The molecule has 0 aliphatic carbocycles. The Morgan fingerprint density at radius 2 is 2.00 bits per heavy atom. The smallest absolute Gasteiger partial charge is 0.252 e. The molecule has 1 rings (SSSR count). The maximum absolute atomic E-state index is 11.5. The van der Waals surface area contributed by atoms with Gasteiger partial charge < -0.3 is 15.7 Å². The third-order valence-electron chi connectivity index (χ3n) is 2.42. The molecule has 0 fully saturated rings. The lowest BCUT2D eigenvalue weighted by molar-refractivity contribution is -0.138. The molecule has 4 nitrogen and oxygen atoms in total. The Hall–Kier alpha value is -1.39. The molecule has 0 radical (unpaired) electrons. The summed E-state index contributed by atoms with van der Waals surface area (Å²) in [7, 11) is 1.65. The molecule has 88 valence electrons. The van der Waals surface area contributed by atoms with Crippen LogP contribution < -0.4 is 5.73 Å². The maximum atomic E-state index is 11.5. The van der Waals surface area contributed by atoms with Gasteiger partial charge in [0.05, 0.1) is 0 Å². The summed E-state index contributed by atoms with van der Waals surface area (Å²) >= 11 is 0. The fourth-order valence-electron chi connectivity index (χ4n) is 1.40. The minimum absolute atomic E-state index is 0.0446. The summed E-state index contributed by atoms with van der Waals surface area (Å²) < 4.78 is 0. The second-order valence-electron chi connectivity index (χ2n) is 3.93. The van der Waals surface area contributed by atoms with Gasteiger partial charge in [-0.3, -0.25) is 4.79 Å². The second kappa shape index (κ2) is 5.63. The molecule has 16 heavy (non-hydrogen) atoms. The Morgan fingerprint density at radius 1 is 1.44 bits per heavy atom. The summed E-state index contributed by atoms with van der Waals surface area (Å²) in [5.74, 6) is -0.344. The van der Waals surface area contributed by atoms with E-state index >= 15 is 0 Å². The zero-order valence-corrected chi connectivity index (χ0v) is 9.68. The Kier molecular flexibility index (Phi) is 4.46. The van der Waals surface area contributed by atoms with E-state index in [0.717, 1.165) is 5.56 Å². The van der Waals surface area contributed by atoms with Crippen LogP contribution in [0.1, 0.15) is 11.1 Å². The number of benzene rings is 1. The number of amides is 1. The Labute approximate surface area is 95.7 Å².